The molecule has 0 heterocycles. The average molecular weight is 247 g/mol. The summed E-state index contributed by atoms with van der Waals surface area (Å²) in [6.45, 7) is 0.786. The van der Waals surface area contributed by atoms with Gasteiger partial charge < -0.3 is 14.7 Å². The fourth-order valence-electron chi connectivity index (χ4n) is 1.01. The first kappa shape index (κ1) is 15.0. The molecule has 0 aliphatic carbocycles. The third-order valence-electron chi connectivity index (χ3n) is 1.62. The lowest BCUT2D eigenvalue weighted by atomic mass is 10.3. The van der Waals surface area contributed by atoms with Crippen molar-refractivity contribution in [1.82, 2.24) is 4.90 Å². The van der Waals surface area contributed by atoms with Crippen molar-refractivity contribution in [2.45, 2.75) is 11.6 Å². The minimum absolute atomic E-state index is 0.0281. The number of nitrogens with zero attached hydrogens (tertiary/aromatic N) is 1. The first-order valence-electron chi connectivity index (χ1n) is 4.41. The van der Waals surface area contributed by atoms with E-state index in [-0.39, 0.29) is 30.7 Å². The normalized spacial score (nSPS) is 14.6. The molecule has 1 atom stereocenters. The van der Waals surface area contributed by atoms with Crippen LogP contribution in [0.5, 0.6) is 0 Å². The van der Waals surface area contributed by atoms with Crippen molar-refractivity contribution in [2.24, 2.45) is 0 Å². The Labute approximate surface area is 91.6 Å². The molecule has 0 bridgehead atoms. The lowest BCUT2D eigenvalue weighted by Gasteiger charge is -2.19. The minimum Gasteiger partial charge on any atom is -0.389 e. The molecule has 92 valence electrons. The van der Waals surface area contributed by atoms with Gasteiger partial charge in [-0.15, -0.1) is 0 Å². The molecular formula is C8H16F3NO2S. The third-order valence-corrected chi connectivity index (χ3v) is 2.33. The smallest absolute Gasteiger partial charge is 0.389 e. The van der Waals surface area contributed by atoms with Gasteiger partial charge in [0.25, 0.3) is 0 Å². The maximum atomic E-state index is 11.8. The number of hydrogen-bond acceptors (Lipinski definition) is 4. The molecule has 0 rings (SSSR count). The summed E-state index contributed by atoms with van der Waals surface area (Å²) < 4.78 is 40.0. The number of ether oxygens (including phenoxy) is 1. The van der Waals surface area contributed by atoms with Gasteiger partial charge in [0.15, 0.2) is 0 Å². The molecule has 0 aromatic carbocycles. The van der Waals surface area contributed by atoms with Crippen LogP contribution >= 0.6 is 11.8 Å². The van der Waals surface area contributed by atoms with Gasteiger partial charge in [0.2, 0.25) is 0 Å². The van der Waals surface area contributed by atoms with Gasteiger partial charge in [-0.05, 0) is 18.8 Å². The maximum Gasteiger partial charge on any atom is 0.441 e. The fraction of sp³-hybridized carbons (Fsp3) is 1.00. The summed E-state index contributed by atoms with van der Waals surface area (Å²) in [5.41, 5.74) is -4.17. The summed E-state index contributed by atoms with van der Waals surface area (Å²) in [5, 5.41) is 9.28. The molecule has 1 unspecified atom stereocenters. The number of likely N-dealkylation sites (N-methyl/N-ethyl adjacent to an activating group) is 1. The maximum absolute atomic E-state index is 11.8. The molecule has 0 spiro atoms. The molecule has 0 aromatic heterocycles. The molecule has 7 heteroatoms. The quantitative estimate of drug-likeness (QED) is 0.732. The van der Waals surface area contributed by atoms with Crippen LogP contribution in [-0.4, -0.2) is 61.2 Å². The Morgan fingerprint density at radius 2 is 2.07 bits per heavy atom. The van der Waals surface area contributed by atoms with E-state index < -0.39 is 11.6 Å². The van der Waals surface area contributed by atoms with Gasteiger partial charge in [-0.2, -0.15) is 13.2 Å². The van der Waals surface area contributed by atoms with Crippen LogP contribution in [0.25, 0.3) is 0 Å². The molecule has 0 radical (unpaired) electrons. The van der Waals surface area contributed by atoms with Gasteiger partial charge in [0.1, 0.15) is 0 Å². The molecule has 0 amide bonds. The highest BCUT2D eigenvalue weighted by Gasteiger charge is 2.27. The lowest BCUT2D eigenvalue weighted by Crippen LogP contribution is -2.33. The Balaban J connectivity index is 3.53. The summed E-state index contributed by atoms with van der Waals surface area (Å²) in [6, 6.07) is 0. The number of alkyl halides is 3. The lowest BCUT2D eigenvalue weighted by molar-refractivity contribution is -0.0328. The molecule has 15 heavy (non-hydrogen) atoms. The van der Waals surface area contributed by atoms with E-state index in [1.165, 1.54) is 7.11 Å². The molecule has 0 aliphatic heterocycles. The van der Waals surface area contributed by atoms with Gasteiger partial charge in [-0.25, -0.2) is 0 Å². The van der Waals surface area contributed by atoms with Gasteiger partial charge in [0.05, 0.1) is 12.7 Å². The van der Waals surface area contributed by atoms with Crippen LogP contribution in [0.1, 0.15) is 0 Å². The zero-order valence-electron chi connectivity index (χ0n) is 8.75. The van der Waals surface area contributed by atoms with Crippen LogP contribution in [0.2, 0.25) is 0 Å². The highest BCUT2D eigenvalue weighted by atomic mass is 32.2. The third kappa shape index (κ3) is 10.3. The Morgan fingerprint density at radius 3 is 2.53 bits per heavy atom. The predicted octanol–water partition coefficient (Wildman–Crippen LogP) is 1.18. The van der Waals surface area contributed by atoms with Crippen molar-refractivity contribution >= 4 is 11.8 Å². The molecular weight excluding hydrogens is 231 g/mol. The molecule has 0 saturated carbocycles. The first-order valence-corrected chi connectivity index (χ1v) is 5.40. The molecule has 3 nitrogen and oxygen atoms in total. The van der Waals surface area contributed by atoms with Crippen LogP contribution in [0.4, 0.5) is 13.2 Å². The summed E-state index contributed by atoms with van der Waals surface area (Å²) in [4.78, 5) is 1.64. The number of aliphatic hydroxyl groups excluding tert-OH is 1. The highest BCUT2D eigenvalue weighted by Crippen LogP contribution is 2.29. The van der Waals surface area contributed by atoms with Crippen LogP contribution in [-0.2, 0) is 4.74 Å². The summed E-state index contributed by atoms with van der Waals surface area (Å²) in [5.74, 6) is -0.0281. The van der Waals surface area contributed by atoms with E-state index in [0.29, 0.717) is 6.54 Å². The Bertz CT molecular complexity index is 168. The number of rotatable bonds is 7. The minimum atomic E-state index is -4.17. The van der Waals surface area contributed by atoms with Crippen molar-refractivity contribution < 1.29 is 23.0 Å². The van der Waals surface area contributed by atoms with Gasteiger partial charge >= 0.3 is 5.51 Å². The predicted molar refractivity (Wildman–Crippen MR) is 53.9 cm³/mol. The van der Waals surface area contributed by atoms with Crippen LogP contribution in [0.3, 0.4) is 0 Å². The summed E-state index contributed by atoms with van der Waals surface area (Å²) in [7, 11) is 3.12. The molecule has 0 saturated heterocycles. The standard InChI is InChI=1S/C8H16F3NO2S/c1-12(5-7(13)6-14-2)3-4-15-8(9,10)11/h7,13H,3-6H2,1-2H3. The number of hydrogen-bond donors (Lipinski definition) is 1. The summed E-state index contributed by atoms with van der Waals surface area (Å²) in [6.07, 6.45) is -0.657. The molecule has 0 aromatic rings. The number of methoxy groups -OCH3 is 1. The first-order chi connectivity index (χ1) is 6.85. The molecule has 1 N–H and O–H groups in total. The van der Waals surface area contributed by atoms with Crippen molar-refractivity contribution in [2.75, 3.05) is 39.6 Å². The van der Waals surface area contributed by atoms with E-state index in [0.717, 1.165) is 0 Å². The van der Waals surface area contributed by atoms with Crippen molar-refractivity contribution in [3.8, 4) is 0 Å². The zero-order valence-corrected chi connectivity index (χ0v) is 9.57. The molecule has 0 fully saturated rings. The monoisotopic (exact) mass is 247 g/mol. The second-order valence-corrected chi connectivity index (χ2v) is 4.33. The zero-order chi connectivity index (χ0) is 11.9. The Hall–Kier alpha value is 0.0200. The van der Waals surface area contributed by atoms with Gasteiger partial charge in [-0.3, -0.25) is 0 Å². The van der Waals surface area contributed by atoms with Crippen LogP contribution in [0, 0.1) is 0 Å². The second kappa shape index (κ2) is 7.32. The van der Waals surface area contributed by atoms with Gasteiger partial charge in [-0.1, -0.05) is 0 Å². The topological polar surface area (TPSA) is 32.7 Å². The van der Waals surface area contributed by atoms with Gasteiger partial charge in [0, 0.05) is 26.0 Å². The van der Waals surface area contributed by atoms with E-state index in [2.05, 4.69) is 0 Å². The van der Waals surface area contributed by atoms with Crippen molar-refractivity contribution in [1.29, 1.82) is 0 Å². The van der Waals surface area contributed by atoms with E-state index in [1.807, 2.05) is 0 Å². The number of thioether (sulfide) groups is 1. The molecule has 0 aliphatic rings. The number of aliphatic hydroxyl groups is 1. The Kier molecular flexibility index (Phi) is 7.33. The van der Waals surface area contributed by atoms with E-state index in [9.17, 15) is 18.3 Å². The summed E-state index contributed by atoms with van der Waals surface area (Å²) >= 11 is -0.0522. The van der Waals surface area contributed by atoms with E-state index in [1.54, 1.807) is 11.9 Å². The van der Waals surface area contributed by atoms with Crippen molar-refractivity contribution in [3.05, 3.63) is 0 Å². The SMILES string of the molecule is COCC(O)CN(C)CCSC(F)(F)F. The largest absolute Gasteiger partial charge is 0.441 e. The van der Waals surface area contributed by atoms with E-state index >= 15 is 0 Å². The second-order valence-electron chi connectivity index (χ2n) is 3.17. The fourth-order valence-corrected chi connectivity index (χ4v) is 1.65. The highest BCUT2D eigenvalue weighted by molar-refractivity contribution is 8.00. The van der Waals surface area contributed by atoms with Crippen LogP contribution < -0.4 is 0 Å². The van der Waals surface area contributed by atoms with Crippen molar-refractivity contribution in [3.63, 3.8) is 0 Å². The Morgan fingerprint density at radius 1 is 1.47 bits per heavy atom. The van der Waals surface area contributed by atoms with E-state index in [4.69, 9.17) is 4.74 Å². The average Bonchev–Trinajstić information content (AvgIpc) is 2.01. The number of halogens is 3. The van der Waals surface area contributed by atoms with Crippen LogP contribution in [0.15, 0.2) is 0 Å².